The predicted octanol–water partition coefficient (Wildman–Crippen LogP) is 3.95. The van der Waals surface area contributed by atoms with E-state index in [1.807, 2.05) is 31.2 Å². The number of hydrogen-bond donors (Lipinski definition) is 3. The van der Waals surface area contributed by atoms with Gasteiger partial charge in [-0.1, -0.05) is 12.1 Å². The Kier molecular flexibility index (Phi) is 4.47. The van der Waals surface area contributed by atoms with Crippen molar-refractivity contribution in [2.45, 2.75) is 13.3 Å². The molecular formula is C21H23FN4. The molecule has 1 atom stereocenters. The van der Waals surface area contributed by atoms with Crippen LogP contribution in [0.25, 0.3) is 21.9 Å². The SMILES string of the molecule is Cc1cccc(F)c1-c1cc(NC[C@@H]2CCNC2)c2cc(N)ncc2c1. The van der Waals surface area contributed by atoms with Crippen LogP contribution in [0.5, 0.6) is 0 Å². The smallest absolute Gasteiger partial charge is 0.131 e. The lowest BCUT2D eigenvalue weighted by Gasteiger charge is -2.16. The zero-order valence-electron chi connectivity index (χ0n) is 14.8. The van der Waals surface area contributed by atoms with Crippen LogP contribution in [0.15, 0.2) is 42.6 Å². The van der Waals surface area contributed by atoms with Gasteiger partial charge >= 0.3 is 0 Å². The molecule has 0 amide bonds. The van der Waals surface area contributed by atoms with E-state index in [9.17, 15) is 4.39 Å². The number of halogens is 1. The second-order valence-corrected chi connectivity index (χ2v) is 7.03. The first kappa shape index (κ1) is 16.8. The zero-order chi connectivity index (χ0) is 18.1. The molecule has 2 heterocycles. The number of nitrogens with one attached hydrogen (secondary N) is 2. The average molecular weight is 350 g/mol. The third kappa shape index (κ3) is 3.22. The quantitative estimate of drug-likeness (QED) is 0.667. The first-order valence-corrected chi connectivity index (χ1v) is 9.01. The molecule has 1 saturated heterocycles. The highest BCUT2D eigenvalue weighted by Crippen LogP contribution is 2.34. The van der Waals surface area contributed by atoms with Gasteiger partial charge in [0.05, 0.1) is 0 Å². The van der Waals surface area contributed by atoms with E-state index in [-0.39, 0.29) is 5.82 Å². The summed E-state index contributed by atoms with van der Waals surface area (Å²) < 4.78 is 14.5. The minimum absolute atomic E-state index is 0.210. The van der Waals surface area contributed by atoms with Crippen molar-refractivity contribution in [2.75, 3.05) is 30.7 Å². The molecule has 0 aliphatic carbocycles. The molecule has 1 fully saturated rings. The fourth-order valence-corrected chi connectivity index (χ4v) is 3.70. The molecule has 1 aliphatic rings. The second-order valence-electron chi connectivity index (χ2n) is 7.03. The highest BCUT2D eigenvalue weighted by molar-refractivity contribution is 5.98. The van der Waals surface area contributed by atoms with E-state index in [0.717, 1.165) is 47.2 Å². The number of fused-ring (bicyclic) bond motifs is 1. The highest BCUT2D eigenvalue weighted by atomic mass is 19.1. The molecule has 4 rings (SSSR count). The number of benzene rings is 2. The lowest BCUT2D eigenvalue weighted by molar-refractivity contribution is 0.616. The summed E-state index contributed by atoms with van der Waals surface area (Å²) in [7, 11) is 0. The Hall–Kier alpha value is -2.66. The van der Waals surface area contributed by atoms with Gasteiger partial charge in [-0.3, -0.25) is 0 Å². The molecule has 5 heteroatoms. The number of nitrogens with zero attached hydrogens (tertiary/aromatic N) is 1. The van der Waals surface area contributed by atoms with Crippen LogP contribution in [0.1, 0.15) is 12.0 Å². The van der Waals surface area contributed by atoms with Crippen molar-refractivity contribution >= 4 is 22.3 Å². The molecule has 2 aromatic carbocycles. The van der Waals surface area contributed by atoms with Gasteiger partial charge in [0.15, 0.2) is 0 Å². The predicted molar refractivity (Wildman–Crippen MR) is 106 cm³/mol. The molecular weight excluding hydrogens is 327 g/mol. The molecule has 0 saturated carbocycles. The van der Waals surface area contributed by atoms with Gasteiger partial charge in [0, 0.05) is 34.8 Å². The minimum Gasteiger partial charge on any atom is -0.384 e. The van der Waals surface area contributed by atoms with Crippen molar-refractivity contribution in [3.05, 3.63) is 54.0 Å². The van der Waals surface area contributed by atoms with Crippen LogP contribution in [0.2, 0.25) is 0 Å². The summed E-state index contributed by atoms with van der Waals surface area (Å²) >= 11 is 0. The van der Waals surface area contributed by atoms with Crippen LogP contribution in [0, 0.1) is 18.7 Å². The lowest BCUT2D eigenvalue weighted by atomic mass is 9.96. The molecule has 26 heavy (non-hydrogen) atoms. The van der Waals surface area contributed by atoms with Gasteiger partial charge in [0.25, 0.3) is 0 Å². The monoisotopic (exact) mass is 350 g/mol. The van der Waals surface area contributed by atoms with Crippen LogP contribution in [-0.2, 0) is 0 Å². The van der Waals surface area contributed by atoms with Gasteiger partial charge < -0.3 is 16.4 Å². The molecule has 0 spiro atoms. The van der Waals surface area contributed by atoms with Crippen LogP contribution in [0.4, 0.5) is 15.9 Å². The summed E-state index contributed by atoms with van der Waals surface area (Å²) in [5, 5.41) is 8.91. The third-order valence-electron chi connectivity index (χ3n) is 5.11. The van der Waals surface area contributed by atoms with E-state index in [0.29, 0.717) is 17.3 Å². The van der Waals surface area contributed by atoms with E-state index in [1.165, 1.54) is 12.5 Å². The van der Waals surface area contributed by atoms with Gasteiger partial charge in [-0.05, 0) is 67.7 Å². The van der Waals surface area contributed by atoms with Crippen molar-refractivity contribution in [1.29, 1.82) is 0 Å². The Labute approximate surface area is 152 Å². The molecule has 134 valence electrons. The molecule has 3 aromatic rings. The van der Waals surface area contributed by atoms with E-state index in [1.54, 1.807) is 12.3 Å². The molecule has 1 aromatic heterocycles. The molecule has 0 bridgehead atoms. The van der Waals surface area contributed by atoms with Crippen LogP contribution in [0.3, 0.4) is 0 Å². The average Bonchev–Trinajstić information content (AvgIpc) is 3.13. The van der Waals surface area contributed by atoms with Crippen LogP contribution >= 0.6 is 0 Å². The van der Waals surface area contributed by atoms with E-state index in [2.05, 4.69) is 15.6 Å². The maximum atomic E-state index is 14.5. The Balaban J connectivity index is 1.80. The largest absolute Gasteiger partial charge is 0.384 e. The number of pyridine rings is 1. The van der Waals surface area contributed by atoms with Gasteiger partial charge in [0.1, 0.15) is 11.6 Å². The first-order chi connectivity index (χ1) is 12.6. The summed E-state index contributed by atoms with van der Waals surface area (Å²) in [6.07, 6.45) is 2.92. The molecule has 0 radical (unpaired) electrons. The first-order valence-electron chi connectivity index (χ1n) is 9.01. The van der Waals surface area contributed by atoms with Crippen LogP contribution in [-0.4, -0.2) is 24.6 Å². The summed E-state index contributed by atoms with van der Waals surface area (Å²) in [6.45, 7) is 4.91. The van der Waals surface area contributed by atoms with Crippen molar-refractivity contribution in [1.82, 2.24) is 10.3 Å². The second kappa shape index (κ2) is 6.92. The molecule has 1 aliphatic heterocycles. The standard InChI is InChI=1S/C21H23FN4/c1-13-3-2-4-18(22)21(13)15-7-16-12-26-20(23)9-17(16)19(8-15)25-11-14-5-6-24-10-14/h2-4,7-9,12,14,24-25H,5-6,10-11H2,1H3,(H2,23,26)/t14-/m1/s1. The number of nitrogens with two attached hydrogens (primary N) is 1. The normalized spacial score (nSPS) is 16.9. The van der Waals surface area contributed by atoms with Crippen molar-refractivity contribution in [2.24, 2.45) is 5.92 Å². The van der Waals surface area contributed by atoms with Gasteiger partial charge in [-0.25, -0.2) is 9.37 Å². The number of aromatic nitrogens is 1. The number of hydrogen-bond acceptors (Lipinski definition) is 4. The Bertz CT molecular complexity index is 928. The van der Waals surface area contributed by atoms with E-state index >= 15 is 0 Å². The van der Waals surface area contributed by atoms with Gasteiger partial charge in [-0.2, -0.15) is 0 Å². The Morgan fingerprint density at radius 3 is 2.96 bits per heavy atom. The van der Waals surface area contributed by atoms with Gasteiger partial charge in [0.2, 0.25) is 0 Å². The molecule has 0 unspecified atom stereocenters. The molecule has 4 nitrogen and oxygen atoms in total. The number of rotatable bonds is 4. The zero-order valence-corrected chi connectivity index (χ0v) is 14.8. The van der Waals surface area contributed by atoms with Crippen LogP contribution < -0.4 is 16.4 Å². The topological polar surface area (TPSA) is 63.0 Å². The summed E-state index contributed by atoms with van der Waals surface area (Å²) in [6, 6.07) is 11.1. The lowest BCUT2D eigenvalue weighted by Crippen LogP contribution is -2.17. The number of aryl methyl sites for hydroxylation is 1. The summed E-state index contributed by atoms with van der Waals surface area (Å²) in [4.78, 5) is 4.21. The van der Waals surface area contributed by atoms with Crippen molar-refractivity contribution in [3.63, 3.8) is 0 Å². The summed E-state index contributed by atoms with van der Waals surface area (Å²) in [5.74, 6) is 0.875. The van der Waals surface area contributed by atoms with Crippen molar-refractivity contribution < 1.29 is 4.39 Å². The number of nitrogen functional groups attached to an aromatic ring is 1. The van der Waals surface area contributed by atoms with E-state index < -0.39 is 0 Å². The summed E-state index contributed by atoms with van der Waals surface area (Å²) in [5.41, 5.74) is 9.28. The Morgan fingerprint density at radius 2 is 2.19 bits per heavy atom. The van der Waals surface area contributed by atoms with Crippen molar-refractivity contribution in [3.8, 4) is 11.1 Å². The highest BCUT2D eigenvalue weighted by Gasteiger charge is 2.16. The van der Waals surface area contributed by atoms with E-state index in [4.69, 9.17) is 5.73 Å². The van der Waals surface area contributed by atoms with Gasteiger partial charge in [-0.15, -0.1) is 0 Å². The fourth-order valence-electron chi connectivity index (χ4n) is 3.70. The molecule has 4 N–H and O–H groups in total. The maximum absolute atomic E-state index is 14.5. The third-order valence-corrected chi connectivity index (χ3v) is 5.11. The Morgan fingerprint density at radius 1 is 1.31 bits per heavy atom. The minimum atomic E-state index is -0.210. The maximum Gasteiger partial charge on any atom is 0.131 e. The fraction of sp³-hybridized carbons (Fsp3) is 0.286. The number of anilines is 2.